The zero-order valence-corrected chi connectivity index (χ0v) is 8.08. The molecule has 1 aromatic rings. The van der Waals surface area contributed by atoms with E-state index >= 15 is 0 Å². The van der Waals surface area contributed by atoms with Crippen molar-refractivity contribution in [1.29, 1.82) is 5.26 Å². The van der Waals surface area contributed by atoms with Crippen molar-refractivity contribution in [2.24, 2.45) is 0 Å². The average molecular weight is 222 g/mol. The summed E-state index contributed by atoms with van der Waals surface area (Å²) < 4.78 is 0. The smallest absolute Gasteiger partial charge is 0.0915 e. The van der Waals surface area contributed by atoms with E-state index in [4.69, 9.17) is 5.26 Å². The molecule has 0 aliphatic carbocycles. The van der Waals surface area contributed by atoms with E-state index in [1.54, 1.807) is 6.08 Å². The van der Waals surface area contributed by atoms with Gasteiger partial charge in [-0.3, -0.25) is 0 Å². The van der Waals surface area contributed by atoms with E-state index in [2.05, 4.69) is 15.9 Å². The second-order valence-electron chi connectivity index (χ2n) is 2.30. The van der Waals surface area contributed by atoms with E-state index in [1.165, 1.54) is 0 Å². The number of rotatable bonds is 2. The van der Waals surface area contributed by atoms with E-state index in [-0.39, 0.29) is 0 Å². The van der Waals surface area contributed by atoms with Gasteiger partial charge >= 0.3 is 0 Å². The standard InChI is InChI=1S/C10H8BrN/c11-8-10(6-7-12)9-4-2-1-3-5-9/h1-6H,8H2/b10-6+. The zero-order valence-electron chi connectivity index (χ0n) is 6.50. The fourth-order valence-corrected chi connectivity index (χ4v) is 1.41. The Morgan fingerprint density at radius 2 is 2.08 bits per heavy atom. The Labute approximate surface area is 80.5 Å². The van der Waals surface area contributed by atoms with Crippen molar-refractivity contribution in [1.82, 2.24) is 0 Å². The number of nitriles is 1. The number of hydrogen-bond donors (Lipinski definition) is 0. The molecule has 60 valence electrons. The number of alkyl halides is 1. The minimum absolute atomic E-state index is 0.713. The SMILES string of the molecule is N#C/C=C(\CBr)c1ccccc1. The Bertz CT molecular complexity index is 308. The summed E-state index contributed by atoms with van der Waals surface area (Å²) in [5, 5.41) is 9.19. The summed E-state index contributed by atoms with van der Waals surface area (Å²) in [5.41, 5.74) is 2.11. The first kappa shape index (κ1) is 9.02. The van der Waals surface area contributed by atoms with Gasteiger partial charge in [-0.05, 0) is 11.1 Å². The second kappa shape index (κ2) is 4.74. The molecule has 0 aliphatic heterocycles. The highest BCUT2D eigenvalue weighted by Crippen LogP contribution is 2.15. The normalized spacial score (nSPS) is 10.8. The molecule has 2 heteroatoms. The van der Waals surface area contributed by atoms with Gasteiger partial charge in [0.2, 0.25) is 0 Å². The Morgan fingerprint density at radius 3 is 2.58 bits per heavy atom. The minimum Gasteiger partial charge on any atom is -0.193 e. The minimum atomic E-state index is 0.713. The molecule has 0 aromatic heterocycles. The lowest BCUT2D eigenvalue weighted by atomic mass is 10.1. The Morgan fingerprint density at radius 1 is 1.42 bits per heavy atom. The van der Waals surface area contributed by atoms with Gasteiger partial charge in [0.1, 0.15) is 0 Å². The van der Waals surface area contributed by atoms with Gasteiger partial charge in [0.05, 0.1) is 6.07 Å². The summed E-state index contributed by atoms with van der Waals surface area (Å²) >= 11 is 3.33. The molecule has 1 nitrogen and oxygen atoms in total. The van der Waals surface area contributed by atoms with E-state index in [0.29, 0.717) is 5.33 Å². The third-order valence-electron chi connectivity index (χ3n) is 1.53. The fourth-order valence-electron chi connectivity index (χ4n) is 0.929. The molecule has 0 aliphatic rings. The molecule has 0 saturated heterocycles. The van der Waals surface area contributed by atoms with Crippen LogP contribution in [0.4, 0.5) is 0 Å². The van der Waals surface area contributed by atoms with Crippen LogP contribution in [0.1, 0.15) is 5.56 Å². The Kier molecular flexibility index (Phi) is 3.56. The van der Waals surface area contributed by atoms with Crippen LogP contribution >= 0.6 is 15.9 Å². The number of benzene rings is 1. The summed E-state index contributed by atoms with van der Waals surface area (Å²) in [6.07, 6.45) is 1.56. The van der Waals surface area contributed by atoms with Crippen molar-refractivity contribution < 1.29 is 0 Å². The highest BCUT2D eigenvalue weighted by atomic mass is 79.9. The van der Waals surface area contributed by atoms with Crippen LogP contribution < -0.4 is 0 Å². The lowest BCUT2D eigenvalue weighted by molar-refractivity contribution is 1.52. The number of allylic oxidation sites excluding steroid dienone is 2. The molecule has 0 fully saturated rings. The maximum Gasteiger partial charge on any atom is 0.0915 e. The van der Waals surface area contributed by atoms with Crippen LogP contribution in [0, 0.1) is 11.3 Å². The van der Waals surface area contributed by atoms with E-state index in [1.807, 2.05) is 36.4 Å². The van der Waals surface area contributed by atoms with Gasteiger partial charge in [0.15, 0.2) is 0 Å². The van der Waals surface area contributed by atoms with Crippen LogP contribution in [0.5, 0.6) is 0 Å². The third kappa shape index (κ3) is 2.21. The van der Waals surface area contributed by atoms with Crippen LogP contribution in [0.25, 0.3) is 5.57 Å². The van der Waals surface area contributed by atoms with Crippen LogP contribution in [-0.4, -0.2) is 5.33 Å². The van der Waals surface area contributed by atoms with Crippen molar-refractivity contribution in [3.05, 3.63) is 42.0 Å². The molecule has 0 bridgehead atoms. The van der Waals surface area contributed by atoms with Crippen molar-refractivity contribution in [3.8, 4) is 6.07 Å². The first-order valence-electron chi connectivity index (χ1n) is 3.58. The summed E-state index contributed by atoms with van der Waals surface area (Å²) in [6.45, 7) is 0. The predicted molar refractivity (Wildman–Crippen MR) is 53.8 cm³/mol. The quantitative estimate of drug-likeness (QED) is 0.557. The summed E-state index contributed by atoms with van der Waals surface area (Å²) in [7, 11) is 0. The molecule has 0 atom stereocenters. The van der Waals surface area contributed by atoms with Crippen molar-refractivity contribution in [2.75, 3.05) is 5.33 Å². The van der Waals surface area contributed by atoms with Gasteiger partial charge in [-0.2, -0.15) is 5.26 Å². The molecule has 1 aromatic carbocycles. The van der Waals surface area contributed by atoms with Crippen LogP contribution in [0.15, 0.2) is 36.4 Å². The van der Waals surface area contributed by atoms with Gasteiger partial charge in [-0.25, -0.2) is 0 Å². The highest BCUT2D eigenvalue weighted by molar-refractivity contribution is 9.09. The molecule has 0 spiro atoms. The van der Waals surface area contributed by atoms with Gasteiger partial charge in [0.25, 0.3) is 0 Å². The van der Waals surface area contributed by atoms with Crippen molar-refractivity contribution in [3.63, 3.8) is 0 Å². The molecule has 12 heavy (non-hydrogen) atoms. The molecular weight excluding hydrogens is 214 g/mol. The fraction of sp³-hybridized carbons (Fsp3) is 0.100. The third-order valence-corrected chi connectivity index (χ3v) is 2.13. The first-order chi connectivity index (χ1) is 5.88. The van der Waals surface area contributed by atoms with Crippen molar-refractivity contribution in [2.45, 2.75) is 0 Å². The highest BCUT2D eigenvalue weighted by Gasteiger charge is 1.96. The van der Waals surface area contributed by atoms with Gasteiger partial charge < -0.3 is 0 Å². The molecule has 1 rings (SSSR count). The van der Waals surface area contributed by atoms with Crippen LogP contribution in [0.2, 0.25) is 0 Å². The Hall–Kier alpha value is -1.07. The molecule has 0 saturated carbocycles. The first-order valence-corrected chi connectivity index (χ1v) is 4.70. The van der Waals surface area contributed by atoms with Crippen LogP contribution in [-0.2, 0) is 0 Å². The van der Waals surface area contributed by atoms with Gasteiger partial charge in [-0.1, -0.05) is 46.3 Å². The molecule has 0 unspecified atom stereocenters. The molecule has 0 heterocycles. The maximum atomic E-state index is 8.48. The van der Waals surface area contributed by atoms with E-state index in [9.17, 15) is 0 Å². The Balaban J connectivity index is 2.98. The lowest BCUT2D eigenvalue weighted by Gasteiger charge is -1.99. The topological polar surface area (TPSA) is 23.8 Å². The monoisotopic (exact) mass is 221 g/mol. The molecular formula is C10H8BrN. The second-order valence-corrected chi connectivity index (χ2v) is 2.86. The number of nitrogens with zero attached hydrogens (tertiary/aromatic N) is 1. The number of hydrogen-bond acceptors (Lipinski definition) is 1. The summed E-state index contributed by atoms with van der Waals surface area (Å²) in [6, 6.07) is 11.9. The predicted octanol–water partition coefficient (Wildman–Crippen LogP) is 2.99. The van der Waals surface area contributed by atoms with Gasteiger partial charge in [-0.15, -0.1) is 0 Å². The molecule has 0 N–H and O–H groups in total. The number of halogens is 1. The van der Waals surface area contributed by atoms with Crippen LogP contribution in [0.3, 0.4) is 0 Å². The summed E-state index contributed by atoms with van der Waals surface area (Å²) in [4.78, 5) is 0. The maximum absolute atomic E-state index is 8.48. The van der Waals surface area contributed by atoms with Crippen molar-refractivity contribution >= 4 is 21.5 Å². The lowest BCUT2D eigenvalue weighted by Crippen LogP contribution is -1.83. The molecule has 0 radical (unpaired) electrons. The van der Waals surface area contributed by atoms with E-state index < -0.39 is 0 Å². The van der Waals surface area contributed by atoms with E-state index in [0.717, 1.165) is 11.1 Å². The largest absolute Gasteiger partial charge is 0.193 e. The average Bonchev–Trinajstić information content (AvgIpc) is 2.15. The van der Waals surface area contributed by atoms with Gasteiger partial charge in [0, 0.05) is 11.4 Å². The molecule has 0 amide bonds. The zero-order chi connectivity index (χ0) is 8.81. The summed E-state index contributed by atoms with van der Waals surface area (Å²) in [5.74, 6) is 0.